The van der Waals surface area contributed by atoms with Crippen LogP contribution >= 0.6 is 11.6 Å². The largest absolute Gasteiger partial charge is 0.491 e. The SMILES string of the molecule is CC(C)Oc1cccc(CNC(=O)CN(c2cccc(Cl)c2)S(C)(=O)=O)c1. The van der Waals surface area contributed by atoms with Gasteiger partial charge >= 0.3 is 0 Å². The normalized spacial score (nSPS) is 11.3. The first-order valence-electron chi connectivity index (χ1n) is 8.41. The summed E-state index contributed by atoms with van der Waals surface area (Å²) in [7, 11) is -3.64. The van der Waals surface area contributed by atoms with Gasteiger partial charge in [-0.15, -0.1) is 0 Å². The molecule has 27 heavy (non-hydrogen) atoms. The molecule has 0 fully saturated rings. The topological polar surface area (TPSA) is 75.7 Å². The first kappa shape index (κ1) is 21.1. The van der Waals surface area contributed by atoms with Crippen molar-refractivity contribution in [1.82, 2.24) is 5.32 Å². The van der Waals surface area contributed by atoms with Gasteiger partial charge in [-0.25, -0.2) is 8.42 Å². The number of carbonyl (C=O) groups excluding carboxylic acids is 1. The smallest absolute Gasteiger partial charge is 0.241 e. The highest BCUT2D eigenvalue weighted by atomic mass is 35.5. The van der Waals surface area contributed by atoms with Crippen LogP contribution in [-0.2, 0) is 21.4 Å². The lowest BCUT2D eigenvalue weighted by molar-refractivity contribution is -0.119. The highest BCUT2D eigenvalue weighted by Gasteiger charge is 2.21. The number of amides is 1. The first-order chi connectivity index (χ1) is 12.6. The molecule has 0 unspecified atom stereocenters. The number of halogens is 1. The summed E-state index contributed by atoms with van der Waals surface area (Å²) < 4.78 is 30.8. The molecular weight excluding hydrogens is 388 g/mol. The van der Waals surface area contributed by atoms with Gasteiger partial charge in [-0.3, -0.25) is 9.10 Å². The van der Waals surface area contributed by atoms with Crippen molar-refractivity contribution >= 4 is 33.2 Å². The Kier molecular flexibility index (Phi) is 7.10. The Hall–Kier alpha value is -2.25. The Labute approximate surface area is 165 Å². The second-order valence-electron chi connectivity index (χ2n) is 6.34. The lowest BCUT2D eigenvalue weighted by Crippen LogP contribution is -2.40. The summed E-state index contributed by atoms with van der Waals surface area (Å²) in [5, 5.41) is 3.13. The molecule has 8 heteroatoms. The van der Waals surface area contributed by atoms with Crippen LogP contribution in [0, 0.1) is 0 Å². The molecule has 146 valence electrons. The summed E-state index contributed by atoms with van der Waals surface area (Å²) in [6.07, 6.45) is 1.10. The lowest BCUT2D eigenvalue weighted by Gasteiger charge is -2.22. The monoisotopic (exact) mass is 410 g/mol. The Morgan fingerprint density at radius 2 is 1.89 bits per heavy atom. The van der Waals surface area contributed by atoms with Gasteiger partial charge in [-0.1, -0.05) is 29.8 Å². The second-order valence-corrected chi connectivity index (χ2v) is 8.68. The van der Waals surface area contributed by atoms with E-state index in [1.54, 1.807) is 18.2 Å². The fourth-order valence-electron chi connectivity index (χ4n) is 2.42. The summed E-state index contributed by atoms with van der Waals surface area (Å²) in [6.45, 7) is 3.80. The van der Waals surface area contributed by atoms with Crippen molar-refractivity contribution in [3.05, 3.63) is 59.1 Å². The molecule has 0 aromatic heterocycles. The van der Waals surface area contributed by atoms with Crippen LogP contribution in [0.25, 0.3) is 0 Å². The third-order valence-corrected chi connectivity index (χ3v) is 4.92. The predicted molar refractivity (Wildman–Crippen MR) is 108 cm³/mol. The molecule has 0 aliphatic rings. The Balaban J connectivity index is 2.04. The molecule has 0 heterocycles. The van der Waals surface area contributed by atoms with Crippen molar-refractivity contribution in [3.8, 4) is 5.75 Å². The molecule has 0 saturated heterocycles. The van der Waals surface area contributed by atoms with Gasteiger partial charge in [0, 0.05) is 11.6 Å². The van der Waals surface area contributed by atoms with Crippen LogP contribution in [0.4, 0.5) is 5.69 Å². The van der Waals surface area contributed by atoms with E-state index in [2.05, 4.69) is 5.32 Å². The summed E-state index contributed by atoms with van der Waals surface area (Å²) in [5.74, 6) is 0.295. The molecule has 0 bridgehead atoms. The van der Waals surface area contributed by atoms with E-state index in [1.165, 1.54) is 6.07 Å². The highest BCUT2D eigenvalue weighted by molar-refractivity contribution is 7.92. The Bertz CT molecular complexity index is 900. The minimum absolute atomic E-state index is 0.0517. The zero-order valence-electron chi connectivity index (χ0n) is 15.5. The number of hydrogen-bond donors (Lipinski definition) is 1. The fraction of sp³-hybridized carbons (Fsp3) is 0.316. The van der Waals surface area contributed by atoms with Gasteiger partial charge in [0.05, 0.1) is 18.0 Å². The summed E-state index contributed by atoms with van der Waals surface area (Å²) >= 11 is 5.93. The first-order valence-corrected chi connectivity index (χ1v) is 10.6. The quantitative estimate of drug-likeness (QED) is 0.725. The van der Waals surface area contributed by atoms with Crippen molar-refractivity contribution in [2.45, 2.75) is 26.5 Å². The molecule has 0 atom stereocenters. The number of nitrogens with one attached hydrogen (secondary N) is 1. The van der Waals surface area contributed by atoms with E-state index in [9.17, 15) is 13.2 Å². The molecule has 0 saturated carbocycles. The molecule has 1 amide bonds. The third kappa shape index (κ3) is 6.77. The molecule has 0 aliphatic heterocycles. The van der Waals surface area contributed by atoms with Crippen molar-refractivity contribution in [2.24, 2.45) is 0 Å². The zero-order valence-corrected chi connectivity index (χ0v) is 17.0. The van der Waals surface area contributed by atoms with E-state index in [-0.39, 0.29) is 19.2 Å². The van der Waals surface area contributed by atoms with Gasteiger partial charge in [-0.05, 0) is 49.7 Å². The van der Waals surface area contributed by atoms with Crippen molar-refractivity contribution in [2.75, 3.05) is 17.1 Å². The molecular formula is C19H23ClN2O4S. The second kappa shape index (κ2) is 9.10. The van der Waals surface area contributed by atoms with Crippen molar-refractivity contribution < 1.29 is 17.9 Å². The van der Waals surface area contributed by atoms with E-state index < -0.39 is 15.9 Å². The average Bonchev–Trinajstić information content (AvgIpc) is 2.56. The van der Waals surface area contributed by atoms with Gasteiger partial charge in [0.1, 0.15) is 12.3 Å². The van der Waals surface area contributed by atoms with E-state index >= 15 is 0 Å². The highest BCUT2D eigenvalue weighted by Crippen LogP contribution is 2.21. The van der Waals surface area contributed by atoms with Gasteiger partial charge in [0.25, 0.3) is 0 Å². The molecule has 6 nitrogen and oxygen atoms in total. The summed E-state index contributed by atoms with van der Waals surface area (Å²) in [5.41, 5.74) is 1.20. The van der Waals surface area contributed by atoms with Gasteiger partial charge in [-0.2, -0.15) is 0 Å². The standard InChI is InChI=1S/C19H23ClN2O4S/c1-14(2)26-18-9-4-6-15(10-18)12-21-19(23)13-22(27(3,24)25)17-8-5-7-16(20)11-17/h4-11,14H,12-13H2,1-3H3,(H,21,23). The van der Waals surface area contributed by atoms with E-state index in [1.807, 2.05) is 38.1 Å². The molecule has 0 radical (unpaired) electrons. The molecule has 2 aromatic carbocycles. The number of ether oxygens (including phenoxy) is 1. The van der Waals surface area contributed by atoms with Crippen LogP contribution < -0.4 is 14.4 Å². The number of anilines is 1. The Morgan fingerprint density at radius 1 is 1.19 bits per heavy atom. The molecule has 1 N–H and O–H groups in total. The van der Waals surface area contributed by atoms with E-state index in [0.29, 0.717) is 16.5 Å². The minimum atomic E-state index is -3.64. The molecule has 0 spiro atoms. The van der Waals surface area contributed by atoms with Crippen molar-refractivity contribution in [1.29, 1.82) is 0 Å². The minimum Gasteiger partial charge on any atom is -0.491 e. The van der Waals surface area contributed by atoms with Crippen LogP contribution in [0.3, 0.4) is 0 Å². The van der Waals surface area contributed by atoms with E-state index in [0.717, 1.165) is 16.1 Å². The summed E-state index contributed by atoms with van der Waals surface area (Å²) in [4.78, 5) is 12.3. The number of carbonyl (C=O) groups is 1. The summed E-state index contributed by atoms with van der Waals surface area (Å²) in [6, 6.07) is 13.7. The van der Waals surface area contributed by atoms with Crippen molar-refractivity contribution in [3.63, 3.8) is 0 Å². The lowest BCUT2D eigenvalue weighted by atomic mass is 10.2. The van der Waals surface area contributed by atoms with Gasteiger partial charge in [0.2, 0.25) is 15.9 Å². The van der Waals surface area contributed by atoms with E-state index in [4.69, 9.17) is 16.3 Å². The molecule has 0 aliphatic carbocycles. The average molecular weight is 411 g/mol. The van der Waals surface area contributed by atoms with Crippen LogP contribution in [0.15, 0.2) is 48.5 Å². The Morgan fingerprint density at radius 3 is 2.52 bits per heavy atom. The maximum atomic E-state index is 12.3. The predicted octanol–water partition coefficient (Wildman–Crippen LogP) is 3.21. The number of hydrogen-bond acceptors (Lipinski definition) is 4. The number of benzene rings is 2. The number of rotatable bonds is 8. The maximum Gasteiger partial charge on any atom is 0.241 e. The zero-order chi connectivity index (χ0) is 20.0. The maximum absolute atomic E-state index is 12.3. The van der Waals surface area contributed by atoms with Gasteiger partial charge in [0.15, 0.2) is 0 Å². The fourth-order valence-corrected chi connectivity index (χ4v) is 3.45. The van der Waals surface area contributed by atoms with Crippen LogP contribution in [0.1, 0.15) is 19.4 Å². The van der Waals surface area contributed by atoms with Gasteiger partial charge < -0.3 is 10.1 Å². The number of nitrogens with zero attached hydrogens (tertiary/aromatic N) is 1. The number of sulfonamides is 1. The third-order valence-electron chi connectivity index (χ3n) is 3.54. The van der Waals surface area contributed by atoms with Crippen LogP contribution in [0.5, 0.6) is 5.75 Å². The van der Waals surface area contributed by atoms with Crippen LogP contribution in [-0.4, -0.2) is 33.2 Å². The van der Waals surface area contributed by atoms with Crippen LogP contribution in [0.2, 0.25) is 5.02 Å². The molecule has 2 rings (SSSR count). The molecule has 2 aromatic rings.